The van der Waals surface area contributed by atoms with E-state index in [1.165, 1.54) is 5.56 Å². The van der Waals surface area contributed by atoms with Crippen molar-refractivity contribution < 1.29 is 23.8 Å². The molecule has 1 amide bonds. The number of carbonyl (C=O) groups is 2. The Morgan fingerprint density at radius 2 is 1.73 bits per heavy atom. The third-order valence-electron chi connectivity index (χ3n) is 5.50. The molecule has 37 heavy (non-hydrogen) atoms. The number of benzene rings is 2. The minimum absolute atomic E-state index is 0.0365. The van der Waals surface area contributed by atoms with Crippen LogP contribution in [0.15, 0.2) is 71.6 Å². The molecule has 0 bridgehead atoms. The molecule has 0 radical (unpaired) electrons. The van der Waals surface area contributed by atoms with Gasteiger partial charge in [0.15, 0.2) is 0 Å². The predicted octanol–water partition coefficient (Wildman–Crippen LogP) is 6.78. The molecule has 9 heteroatoms. The van der Waals surface area contributed by atoms with Crippen molar-refractivity contribution in [2.45, 2.75) is 49.9 Å². The number of esters is 1. The standard InChI is InChI=1S/C28H37NO5S3/c1-19(2)26(21(5)37-35)22-11-13-23(14-12-22)33-17-24(18-36-25-9-7-6-8-10-25)34-28(31)29-15-16-32-27(30)20(3)4/h6-14,19,21,24,26,35H,3,15-18H2,1-2,4-5H3,(H,29,31). The normalized spacial score (nSPS) is 13.4. The van der Waals surface area contributed by atoms with Gasteiger partial charge in [0.1, 0.15) is 25.1 Å². The summed E-state index contributed by atoms with van der Waals surface area (Å²) in [7, 11) is 1.57. The van der Waals surface area contributed by atoms with E-state index in [0.717, 1.165) is 4.90 Å². The molecule has 0 aromatic heterocycles. The molecule has 6 nitrogen and oxygen atoms in total. The zero-order valence-corrected chi connectivity index (χ0v) is 24.4. The van der Waals surface area contributed by atoms with Gasteiger partial charge in [-0.05, 0) is 48.6 Å². The smallest absolute Gasteiger partial charge is 0.407 e. The van der Waals surface area contributed by atoms with Crippen LogP contribution in [0.3, 0.4) is 0 Å². The molecule has 0 fully saturated rings. The van der Waals surface area contributed by atoms with Crippen molar-refractivity contribution in [2.24, 2.45) is 5.92 Å². The second-order valence-corrected chi connectivity index (χ2v) is 11.6. The Balaban J connectivity index is 1.95. The summed E-state index contributed by atoms with van der Waals surface area (Å²) < 4.78 is 16.6. The Kier molecular flexibility index (Phi) is 13.9. The van der Waals surface area contributed by atoms with Crippen LogP contribution in [0.2, 0.25) is 0 Å². The molecule has 2 rings (SSSR count). The molecule has 0 aliphatic heterocycles. The molecule has 0 saturated carbocycles. The summed E-state index contributed by atoms with van der Waals surface area (Å²) in [6.07, 6.45) is -1.09. The highest BCUT2D eigenvalue weighted by atomic mass is 33.1. The number of rotatable bonds is 15. The number of thioether (sulfide) groups is 1. The summed E-state index contributed by atoms with van der Waals surface area (Å²) in [6.45, 7) is 12.1. The van der Waals surface area contributed by atoms with Crippen molar-refractivity contribution in [3.05, 3.63) is 72.3 Å². The lowest BCUT2D eigenvalue weighted by atomic mass is 9.86. The summed E-state index contributed by atoms with van der Waals surface area (Å²) in [6, 6.07) is 18.0. The van der Waals surface area contributed by atoms with Crippen molar-refractivity contribution in [1.82, 2.24) is 5.32 Å². The van der Waals surface area contributed by atoms with Crippen molar-refractivity contribution >= 4 is 46.3 Å². The number of carbonyl (C=O) groups excluding carboxylic acids is 2. The molecular weight excluding hydrogens is 527 g/mol. The minimum atomic E-state index is -0.595. The van der Waals surface area contributed by atoms with Crippen molar-refractivity contribution in [3.63, 3.8) is 0 Å². The van der Waals surface area contributed by atoms with E-state index in [2.05, 4.69) is 56.5 Å². The first kappa shape index (κ1) is 31.0. The second-order valence-electron chi connectivity index (χ2n) is 8.95. The SMILES string of the molecule is C=C(C)C(=O)OCCNC(=O)OC(COc1ccc(C(C(C)C)C(C)SS)cc1)CSc1ccccc1. The van der Waals surface area contributed by atoms with Crippen molar-refractivity contribution in [2.75, 3.05) is 25.5 Å². The predicted molar refractivity (Wildman–Crippen MR) is 157 cm³/mol. The first-order valence-electron chi connectivity index (χ1n) is 12.2. The van der Waals surface area contributed by atoms with Crippen molar-refractivity contribution in [3.8, 4) is 5.75 Å². The van der Waals surface area contributed by atoms with Crippen molar-refractivity contribution in [1.29, 1.82) is 0 Å². The van der Waals surface area contributed by atoms with Gasteiger partial charge in [-0.25, -0.2) is 9.59 Å². The fraction of sp³-hybridized carbons (Fsp3) is 0.429. The van der Waals surface area contributed by atoms with Gasteiger partial charge in [-0.1, -0.05) is 68.5 Å². The first-order chi connectivity index (χ1) is 17.7. The van der Waals surface area contributed by atoms with Crippen LogP contribution in [0.4, 0.5) is 4.79 Å². The van der Waals surface area contributed by atoms with Crippen LogP contribution in [0.5, 0.6) is 5.75 Å². The quantitative estimate of drug-likeness (QED) is 0.0618. The van der Waals surface area contributed by atoms with E-state index in [9.17, 15) is 9.59 Å². The van der Waals surface area contributed by atoms with E-state index in [0.29, 0.717) is 34.2 Å². The third-order valence-corrected chi connectivity index (χ3v) is 8.26. The molecule has 1 N–H and O–H groups in total. The minimum Gasteiger partial charge on any atom is -0.490 e. The molecule has 0 saturated heterocycles. The Morgan fingerprint density at radius 3 is 2.32 bits per heavy atom. The maximum Gasteiger partial charge on any atom is 0.407 e. The average molecular weight is 564 g/mol. The van der Waals surface area contributed by atoms with Crippen LogP contribution < -0.4 is 10.1 Å². The highest BCUT2D eigenvalue weighted by Gasteiger charge is 2.23. The van der Waals surface area contributed by atoms with Gasteiger partial charge in [-0.15, -0.1) is 23.4 Å². The van der Waals surface area contributed by atoms with Crippen LogP contribution in [0.25, 0.3) is 0 Å². The zero-order chi connectivity index (χ0) is 27.2. The number of thiol groups is 1. The molecule has 0 spiro atoms. The molecule has 3 atom stereocenters. The largest absolute Gasteiger partial charge is 0.490 e. The highest BCUT2D eigenvalue weighted by molar-refractivity contribution is 8.68. The van der Waals surface area contributed by atoms with E-state index in [1.807, 2.05) is 42.5 Å². The van der Waals surface area contributed by atoms with E-state index in [4.69, 9.17) is 14.2 Å². The Hall–Kier alpha value is -2.23. The van der Waals surface area contributed by atoms with Crippen LogP contribution in [-0.4, -0.2) is 48.9 Å². The summed E-state index contributed by atoms with van der Waals surface area (Å²) in [5.41, 5.74) is 1.55. The lowest BCUT2D eigenvalue weighted by molar-refractivity contribution is -0.138. The summed E-state index contributed by atoms with van der Waals surface area (Å²) in [4.78, 5) is 24.9. The van der Waals surface area contributed by atoms with E-state index in [1.54, 1.807) is 29.5 Å². The van der Waals surface area contributed by atoms with E-state index >= 15 is 0 Å². The van der Waals surface area contributed by atoms with Gasteiger partial charge in [-0.2, -0.15) is 0 Å². The monoisotopic (exact) mass is 563 g/mol. The fourth-order valence-corrected chi connectivity index (χ4v) is 5.56. The Labute approximate surface area is 234 Å². The molecule has 2 aromatic rings. The number of hydrogen-bond donors (Lipinski definition) is 2. The van der Waals surface area contributed by atoms with Gasteiger partial charge in [0.25, 0.3) is 0 Å². The van der Waals surface area contributed by atoms with Crippen LogP contribution in [0.1, 0.15) is 39.2 Å². The molecule has 0 aliphatic carbocycles. The van der Waals surface area contributed by atoms with Gasteiger partial charge in [0.05, 0.1) is 6.54 Å². The summed E-state index contributed by atoms with van der Waals surface area (Å²) in [5, 5.41) is 2.99. The molecule has 2 aromatic carbocycles. The van der Waals surface area contributed by atoms with Gasteiger partial charge >= 0.3 is 12.1 Å². The highest BCUT2D eigenvalue weighted by Crippen LogP contribution is 2.36. The van der Waals surface area contributed by atoms with E-state index in [-0.39, 0.29) is 19.8 Å². The Morgan fingerprint density at radius 1 is 1.05 bits per heavy atom. The summed E-state index contributed by atoms with van der Waals surface area (Å²) >= 11 is 5.99. The number of hydrogen-bond acceptors (Lipinski definition) is 8. The lowest BCUT2D eigenvalue weighted by Gasteiger charge is -2.26. The summed E-state index contributed by atoms with van der Waals surface area (Å²) in [5.74, 6) is 1.60. The number of nitrogens with one attached hydrogen (secondary N) is 1. The molecular formula is C28H37NO5S3. The fourth-order valence-electron chi connectivity index (χ4n) is 3.67. The second kappa shape index (κ2) is 16.6. The first-order valence-corrected chi connectivity index (χ1v) is 15.1. The number of ether oxygens (including phenoxy) is 3. The van der Waals surface area contributed by atoms with Crippen LogP contribution in [-0.2, 0) is 14.3 Å². The molecule has 202 valence electrons. The van der Waals surface area contributed by atoms with Gasteiger partial charge in [0, 0.05) is 21.5 Å². The topological polar surface area (TPSA) is 73.9 Å². The van der Waals surface area contributed by atoms with Crippen LogP contribution in [0, 0.1) is 5.92 Å². The van der Waals surface area contributed by atoms with Crippen LogP contribution >= 0.6 is 34.2 Å². The third kappa shape index (κ3) is 11.4. The van der Waals surface area contributed by atoms with Gasteiger partial charge in [0.2, 0.25) is 0 Å². The molecule has 0 aliphatic rings. The Bertz CT molecular complexity index is 985. The zero-order valence-electron chi connectivity index (χ0n) is 21.8. The number of amides is 1. The number of alkyl carbamates (subject to hydrolysis) is 1. The van der Waals surface area contributed by atoms with Gasteiger partial charge < -0.3 is 19.5 Å². The van der Waals surface area contributed by atoms with Gasteiger partial charge in [-0.3, -0.25) is 0 Å². The average Bonchev–Trinajstić information content (AvgIpc) is 2.89. The van der Waals surface area contributed by atoms with E-state index < -0.39 is 18.2 Å². The lowest BCUT2D eigenvalue weighted by Crippen LogP contribution is -2.35. The maximum absolute atomic E-state index is 12.4. The molecule has 0 heterocycles. The molecule has 3 unspecified atom stereocenters. The maximum atomic E-state index is 12.4.